The summed E-state index contributed by atoms with van der Waals surface area (Å²) < 4.78 is 5.46. The van der Waals surface area contributed by atoms with Gasteiger partial charge in [-0.3, -0.25) is 4.98 Å². The van der Waals surface area contributed by atoms with E-state index in [0.29, 0.717) is 16.7 Å². The number of hydrogen-bond acceptors (Lipinski definition) is 1. The average Bonchev–Trinajstić information content (AvgIpc) is 4.13. The molecule has 2 unspecified atom stereocenters. The van der Waals surface area contributed by atoms with Crippen LogP contribution in [0.5, 0.6) is 0 Å². The van der Waals surface area contributed by atoms with Crippen molar-refractivity contribution in [1.82, 2.24) is 13.8 Å². The van der Waals surface area contributed by atoms with Gasteiger partial charge in [0.15, 0.2) is 0 Å². The summed E-state index contributed by atoms with van der Waals surface area (Å²) in [7, 11) is 0. The van der Waals surface area contributed by atoms with Gasteiger partial charge in [-0.15, -0.1) is 0 Å². The molecule has 9 aromatic rings. The minimum Gasteiger partial charge on any atom is -0.308 e. The monoisotopic (exact) mass is 844 g/mol. The van der Waals surface area contributed by atoms with Crippen LogP contribution in [0.15, 0.2) is 48.7 Å². The molecule has 14 rings (SSSR count). The van der Waals surface area contributed by atoms with Gasteiger partial charge in [-0.2, -0.15) is 0 Å². The zero-order chi connectivity index (χ0) is 44.2. The highest BCUT2D eigenvalue weighted by Crippen LogP contribution is 2.65. The summed E-state index contributed by atoms with van der Waals surface area (Å²) in [6, 6.07) is 18.5. The quantitative estimate of drug-likeness (QED) is 0.161. The van der Waals surface area contributed by atoms with Gasteiger partial charge in [-0.05, 0) is 160 Å². The van der Waals surface area contributed by atoms with Crippen LogP contribution in [-0.2, 0) is 32.5 Å². The molecule has 2 saturated carbocycles. The summed E-state index contributed by atoms with van der Waals surface area (Å²) in [4.78, 5) is 5.58. The van der Waals surface area contributed by atoms with Crippen molar-refractivity contribution < 1.29 is 0 Å². The number of benzene rings is 4. The van der Waals surface area contributed by atoms with Crippen LogP contribution in [0.2, 0.25) is 0 Å². The van der Waals surface area contributed by atoms with Crippen molar-refractivity contribution in [2.75, 3.05) is 0 Å². The molecule has 5 heterocycles. The van der Waals surface area contributed by atoms with Crippen LogP contribution in [0.4, 0.5) is 0 Å². The van der Waals surface area contributed by atoms with E-state index in [4.69, 9.17) is 4.98 Å². The molecule has 5 aliphatic rings. The molecule has 64 heavy (non-hydrogen) atoms. The molecule has 4 aromatic carbocycles. The topological polar surface area (TPSA) is 21.7 Å². The fraction of sp³-hybridized carbons (Fsp3) is 0.525. The predicted octanol–water partition coefficient (Wildman–Crippen LogP) is 16.9. The van der Waals surface area contributed by atoms with E-state index in [1.807, 2.05) is 0 Å². The normalized spacial score (nSPS) is 25.4. The summed E-state index contributed by atoms with van der Waals surface area (Å²) >= 11 is 0. The van der Waals surface area contributed by atoms with Gasteiger partial charge in [-0.1, -0.05) is 115 Å². The van der Waals surface area contributed by atoms with E-state index in [1.165, 1.54) is 152 Å². The van der Waals surface area contributed by atoms with E-state index in [0.717, 1.165) is 12.8 Å². The number of rotatable bonds is 1. The van der Waals surface area contributed by atoms with Crippen LogP contribution in [0.3, 0.4) is 0 Å². The van der Waals surface area contributed by atoms with Crippen molar-refractivity contribution in [3.8, 4) is 0 Å². The first kappa shape index (κ1) is 38.9. The third-order valence-electron chi connectivity index (χ3n) is 20.9. The molecule has 0 N–H and O–H groups in total. The van der Waals surface area contributed by atoms with Gasteiger partial charge in [0.05, 0.1) is 45.0 Å². The van der Waals surface area contributed by atoms with Crippen molar-refractivity contribution in [2.45, 2.75) is 199 Å². The van der Waals surface area contributed by atoms with Crippen LogP contribution in [0, 0.1) is 5.41 Å². The largest absolute Gasteiger partial charge is 0.308 e. The van der Waals surface area contributed by atoms with Crippen molar-refractivity contribution in [3.05, 3.63) is 87.7 Å². The van der Waals surface area contributed by atoms with Crippen molar-refractivity contribution in [3.63, 3.8) is 0 Å². The highest BCUT2D eigenvalue weighted by Gasteiger charge is 2.55. The lowest BCUT2D eigenvalue weighted by Crippen LogP contribution is -2.38. The first-order valence-electron chi connectivity index (χ1n) is 25.7. The summed E-state index contributed by atoms with van der Waals surface area (Å²) in [5.74, 6) is 0.392. The first-order valence-corrected chi connectivity index (χ1v) is 25.7. The number of fused-ring (bicyclic) bond motifs is 20. The smallest absolute Gasteiger partial charge is 0.0728 e. The molecule has 0 aliphatic heterocycles. The van der Waals surface area contributed by atoms with Crippen molar-refractivity contribution >= 4 is 76.2 Å². The van der Waals surface area contributed by atoms with Gasteiger partial charge in [-0.25, -0.2) is 0 Å². The maximum atomic E-state index is 5.58. The van der Waals surface area contributed by atoms with Gasteiger partial charge in [0.2, 0.25) is 0 Å². The van der Waals surface area contributed by atoms with E-state index < -0.39 is 0 Å². The fourth-order valence-electron chi connectivity index (χ4n) is 17.2. The molecule has 3 nitrogen and oxygen atoms in total. The van der Waals surface area contributed by atoms with E-state index >= 15 is 0 Å². The second kappa shape index (κ2) is 11.4. The summed E-state index contributed by atoms with van der Waals surface area (Å²) in [6.45, 7) is 29.8. The fourth-order valence-corrected chi connectivity index (χ4v) is 17.2. The van der Waals surface area contributed by atoms with E-state index in [-0.39, 0.29) is 27.1 Å². The molecule has 0 bridgehead atoms. The van der Waals surface area contributed by atoms with Crippen LogP contribution in [0.25, 0.3) is 76.2 Å². The van der Waals surface area contributed by atoms with Gasteiger partial charge in [0, 0.05) is 48.5 Å². The summed E-state index contributed by atoms with van der Waals surface area (Å²) in [6.07, 6.45) is 18.3. The molecule has 0 radical (unpaired) electrons. The molecule has 5 aliphatic carbocycles. The van der Waals surface area contributed by atoms with Crippen LogP contribution >= 0.6 is 0 Å². The van der Waals surface area contributed by atoms with Gasteiger partial charge >= 0.3 is 0 Å². The molecule has 2 spiro atoms. The SMILES string of the molecule is CCC1(C)c2ncc3c(c2C(C)C1(C)C)c1c2c(cc4c5cc6c(cc5n3c41)c1cc(C(C)(C)C)cc3c4c5c(ccc4n6c13)C1(CCCC1)CCC51CCCC1)C(C)(C)CC2(C)C. The lowest BCUT2D eigenvalue weighted by Gasteiger charge is -2.46. The van der Waals surface area contributed by atoms with E-state index in [2.05, 4.69) is 141 Å². The summed E-state index contributed by atoms with van der Waals surface area (Å²) in [5.41, 5.74) is 20.3. The molecule has 5 aromatic heterocycles. The maximum absolute atomic E-state index is 5.58. The summed E-state index contributed by atoms with van der Waals surface area (Å²) in [5, 5.41) is 11.8. The highest BCUT2D eigenvalue weighted by molar-refractivity contribution is 6.30. The third kappa shape index (κ3) is 4.17. The molecule has 0 amide bonds. The number of pyridine rings is 1. The Morgan fingerprint density at radius 3 is 1.86 bits per heavy atom. The molecule has 328 valence electrons. The lowest BCUT2D eigenvalue weighted by molar-refractivity contribution is 0.164. The number of hydrogen-bond donors (Lipinski definition) is 0. The Morgan fingerprint density at radius 2 is 1.20 bits per heavy atom. The van der Waals surface area contributed by atoms with E-state index in [1.54, 1.807) is 27.6 Å². The molecule has 2 atom stereocenters. The molecular weight excluding hydrogens is 775 g/mol. The zero-order valence-electron chi connectivity index (χ0n) is 41.0. The molecular formula is C61H69N3. The standard InChI is InChI=1S/C61H69N3/c1-13-59(12)54-46(33(2)58(59,10)11)48-45(31-62-54)64-44-29-35-37-26-34(55(3,4)5)27-39-47-42(19-18-40-51(47)61(22-16-17-23-61)25-24-60(40)20-14-15-21-60)63(52(37)39)43(35)30-36(44)38-28-41-50(49(48)53(38)64)57(8,9)32-56(41,6)7/h18-19,26-31,33H,13-17,20-25,32H2,1-12H3. The van der Waals surface area contributed by atoms with Gasteiger partial charge < -0.3 is 8.80 Å². The Morgan fingerprint density at radius 1 is 0.594 bits per heavy atom. The Labute approximate surface area is 380 Å². The number of aromatic nitrogens is 3. The average molecular weight is 844 g/mol. The third-order valence-corrected chi connectivity index (χ3v) is 20.9. The first-order chi connectivity index (χ1) is 30.3. The second-order valence-electron chi connectivity index (χ2n) is 26.0. The minimum atomic E-state index is 0.0107. The van der Waals surface area contributed by atoms with Crippen molar-refractivity contribution in [1.29, 1.82) is 0 Å². The van der Waals surface area contributed by atoms with Gasteiger partial charge in [0.25, 0.3) is 0 Å². The van der Waals surface area contributed by atoms with Crippen LogP contribution < -0.4 is 0 Å². The predicted molar refractivity (Wildman–Crippen MR) is 272 cm³/mol. The molecule has 3 heteroatoms. The molecule has 2 fully saturated rings. The number of nitrogens with zero attached hydrogens (tertiary/aromatic N) is 3. The van der Waals surface area contributed by atoms with Crippen LogP contribution in [-0.4, -0.2) is 13.8 Å². The van der Waals surface area contributed by atoms with E-state index in [9.17, 15) is 0 Å². The van der Waals surface area contributed by atoms with Gasteiger partial charge in [0.1, 0.15) is 0 Å². The Bertz CT molecular complexity index is 3560. The zero-order valence-corrected chi connectivity index (χ0v) is 41.0. The van der Waals surface area contributed by atoms with Crippen LogP contribution in [0.1, 0.15) is 205 Å². The molecule has 0 saturated heterocycles. The van der Waals surface area contributed by atoms with Crippen molar-refractivity contribution in [2.24, 2.45) is 5.41 Å². The minimum absolute atomic E-state index is 0.0107. The Balaban J connectivity index is 1.18. The Hall–Kier alpha value is -4.37. The maximum Gasteiger partial charge on any atom is 0.0728 e. The lowest BCUT2D eigenvalue weighted by atomic mass is 9.58. The second-order valence-corrected chi connectivity index (χ2v) is 26.0. The highest BCUT2D eigenvalue weighted by atomic mass is 15.0. The Kier molecular flexibility index (Phi) is 6.93.